The molecule has 16 heavy (non-hydrogen) atoms. The molecular formula is C13H18N2O. The van der Waals surface area contributed by atoms with Crippen molar-refractivity contribution in [2.75, 3.05) is 6.61 Å². The summed E-state index contributed by atoms with van der Waals surface area (Å²) in [5.41, 5.74) is 9.35. The lowest BCUT2D eigenvalue weighted by molar-refractivity contribution is 0.129. The van der Waals surface area contributed by atoms with Crippen molar-refractivity contribution < 1.29 is 4.74 Å². The molecule has 1 aromatic heterocycles. The largest absolute Gasteiger partial charge is 0.376 e. The number of hydrogen-bond donors (Lipinski definition) is 1. The maximum atomic E-state index is 5.75. The maximum Gasteiger partial charge on any atom is 0.0867 e. The van der Waals surface area contributed by atoms with Crippen LogP contribution in [0.3, 0.4) is 0 Å². The molecule has 1 aromatic carbocycles. The van der Waals surface area contributed by atoms with Gasteiger partial charge in [-0.1, -0.05) is 18.2 Å². The van der Waals surface area contributed by atoms with Crippen molar-refractivity contribution >= 4 is 10.9 Å². The predicted octanol–water partition coefficient (Wildman–Crippen LogP) is 2.17. The van der Waals surface area contributed by atoms with Gasteiger partial charge in [-0.2, -0.15) is 0 Å². The highest BCUT2D eigenvalue weighted by Crippen LogP contribution is 2.22. The van der Waals surface area contributed by atoms with E-state index in [0.717, 1.165) is 6.61 Å². The Morgan fingerprint density at radius 3 is 2.88 bits per heavy atom. The maximum absolute atomic E-state index is 5.75. The van der Waals surface area contributed by atoms with Crippen LogP contribution in [0.5, 0.6) is 0 Å². The second-order valence-corrected chi connectivity index (χ2v) is 3.89. The summed E-state index contributed by atoms with van der Waals surface area (Å²) >= 11 is 0. The Bertz CT molecular complexity index is 488. The zero-order chi connectivity index (χ0) is 11.5. The molecule has 3 nitrogen and oxygen atoms in total. The van der Waals surface area contributed by atoms with Gasteiger partial charge in [-0.25, -0.2) is 0 Å². The normalized spacial score (nSPS) is 11.2. The number of aryl methyl sites for hydroxylation is 1. The Hall–Kier alpha value is -1.32. The molecule has 2 rings (SSSR count). The zero-order valence-corrected chi connectivity index (χ0v) is 9.86. The molecule has 1 heterocycles. The fraction of sp³-hybridized carbons (Fsp3) is 0.385. The van der Waals surface area contributed by atoms with Crippen LogP contribution in [0.1, 0.15) is 18.2 Å². The Balaban J connectivity index is 2.50. The summed E-state index contributed by atoms with van der Waals surface area (Å²) in [6, 6.07) is 8.41. The monoisotopic (exact) mass is 218 g/mol. The molecule has 3 heteroatoms. The van der Waals surface area contributed by atoms with Gasteiger partial charge < -0.3 is 15.0 Å². The average Bonchev–Trinajstić information content (AvgIpc) is 2.64. The molecular weight excluding hydrogens is 200 g/mol. The molecule has 2 aromatic rings. The highest BCUT2D eigenvalue weighted by atomic mass is 16.5. The Labute approximate surface area is 95.8 Å². The number of aromatic nitrogens is 1. The fourth-order valence-electron chi connectivity index (χ4n) is 2.07. The summed E-state index contributed by atoms with van der Waals surface area (Å²) in [6.45, 7) is 3.98. The lowest BCUT2D eigenvalue weighted by atomic mass is 10.1. The lowest BCUT2D eigenvalue weighted by Gasteiger charge is -2.06. The van der Waals surface area contributed by atoms with Crippen LogP contribution in [0, 0.1) is 0 Å². The third-order valence-electron chi connectivity index (χ3n) is 2.91. The molecule has 0 saturated heterocycles. The first-order chi connectivity index (χ1) is 7.77. The van der Waals surface area contributed by atoms with E-state index in [9.17, 15) is 0 Å². The minimum absolute atomic E-state index is 0.573. The molecule has 0 aliphatic rings. The molecule has 0 unspecified atom stereocenters. The third kappa shape index (κ3) is 1.84. The quantitative estimate of drug-likeness (QED) is 0.854. The highest BCUT2D eigenvalue weighted by Gasteiger charge is 2.08. The van der Waals surface area contributed by atoms with Gasteiger partial charge in [0.05, 0.1) is 12.1 Å². The molecule has 0 aliphatic carbocycles. The van der Waals surface area contributed by atoms with Crippen molar-refractivity contribution in [2.24, 2.45) is 12.8 Å². The van der Waals surface area contributed by atoms with Crippen LogP contribution in [-0.2, 0) is 24.9 Å². The summed E-state index contributed by atoms with van der Waals surface area (Å²) in [5.74, 6) is 0. The van der Waals surface area contributed by atoms with Crippen LogP contribution in [0.25, 0.3) is 10.9 Å². The van der Waals surface area contributed by atoms with E-state index < -0.39 is 0 Å². The van der Waals surface area contributed by atoms with Crippen LogP contribution in [-0.4, -0.2) is 11.2 Å². The van der Waals surface area contributed by atoms with Crippen LogP contribution < -0.4 is 5.73 Å². The summed E-state index contributed by atoms with van der Waals surface area (Å²) in [7, 11) is 2.07. The first-order valence-electron chi connectivity index (χ1n) is 5.62. The third-order valence-corrected chi connectivity index (χ3v) is 2.91. The molecule has 0 atom stereocenters. The van der Waals surface area contributed by atoms with E-state index in [0.29, 0.717) is 13.2 Å². The summed E-state index contributed by atoms with van der Waals surface area (Å²) in [5, 5.41) is 1.24. The molecule has 0 fully saturated rings. The van der Waals surface area contributed by atoms with Crippen LogP contribution in [0.4, 0.5) is 0 Å². The second-order valence-electron chi connectivity index (χ2n) is 3.89. The van der Waals surface area contributed by atoms with Crippen molar-refractivity contribution in [3.8, 4) is 0 Å². The number of ether oxygens (including phenoxy) is 1. The van der Waals surface area contributed by atoms with Crippen molar-refractivity contribution in [3.63, 3.8) is 0 Å². The Morgan fingerprint density at radius 1 is 1.38 bits per heavy atom. The fourth-order valence-corrected chi connectivity index (χ4v) is 2.07. The Morgan fingerprint density at radius 2 is 2.19 bits per heavy atom. The lowest BCUT2D eigenvalue weighted by Crippen LogP contribution is -2.03. The van der Waals surface area contributed by atoms with Crippen LogP contribution in [0.15, 0.2) is 24.3 Å². The van der Waals surface area contributed by atoms with Gasteiger partial charge in [-0.15, -0.1) is 0 Å². The first-order valence-corrected chi connectivity index (χ1v) is 5.62. The SMILES string of the molecule is CCOCc1cc2cccc(CN)c2n1C. The van der Waals surface area contributed by atoms with Gasteiger partial charge in [-0.05, 0) is 18.6 Å². The van der Waals surface area contributed by atoms with Gasteiger partial charge in [0.25, 0.3) is 0 Å². The van der Waals surface area contributed by atoms with E-state index in [1.54, 1.807) is 0 Å². The summed E-state index contributed by atoms with van der Waals surface area (Å²) in [6.07, 6.45) is 0. The van der Waals surface area contributed by atoms with Gasteiger partial charge in [0.2, 0.25) is 0 Å². The first kappa shape index (κ1) is 11.2. The number of rotatable bonds is 4. The highest BCUT2D eigenvalue weighted by molar-refractivity contribution is 5.84. The van der Waals surface area contributed by atoms with Gasteiger partial charge >= 0.3 is 0 Å². The van der Waals surface area contributed by atoms with E-state index in [1.165, 1.54) is 22.2 Å². The number of para-hydroxylation sites is 1. The molecule has 0 radical (unpaired) electrons. The second kappa shape index (κ2) is 4.68. The van der Waals surface area contributed by atoms with E-state index >= 15 is 0 Å². The summed E-state index contributed by atoms with van der Waals surface area (Å²) in [4.78, 5) is 0. The van der Waals surface area contributed by atoms with Gasteiger partial charge in [0, 0.05) is 31.3 Å². The number of nitrogens with zero attached hydrogens (tertiary/aromatic N) is 1. The molecule has 0 saturated carbocycles. The Kier molecular flexibility index (Phi) is 3.27. The molecule has 2 N–H and O–H groups in total. The molecule has 0 spiro atoms. The molecule has 0 amide bonds. The predicted molar refractivity (Wildman–Crippen MR) is 66.1 cm³/mol. The molecule has 0 aliphatic heterocycles. The van der Waals surface area contributed by atoms with Gasteiger partial charge in [0.15, 0.2) is 0 Å². The standard InChI is InChI=1S/C13H18N2O/c1-3-16-9-12-7-10-5-4-6-11(8-14)13(10)15(12)2/h4-7H,3,8-9,14H2,1-2H3. The minimum Gasteiger partial charge on any atom is -0.376 e. The van der Waals surface area contributed by atoms with E-state index in [1.807, 2.05) is 6.92 Å². The number of fused-ring (bicyclic) bond motifs is 1. The molecule has 86 valence electrons. The zero-order valence-electron chi connectivity index (χ0n) is 9.86. The van der Waals surface area contributed by atoms with E-state index in [-0.39, 0.29) is 0 Å². The smallest absolute Gasteiger partial charge is 0.0867 e. The van der Waals surface area contributed by atoms with Crippen molar-refractivity contribution in [1.82, 2.24) is 4.57 Å². The molecule has 0 bridgehead atoms. The number of benzene rings is 1. The van der Waals surface area contributed by atoms with Gasteiger partial charge in [0.1, 0.15) is 0 Å². The number of nitrogens with two attached hydrogens (primary N) is 1. The van der Waals surface area contributed by atoms with Crippen molar-refractivity contribution in [1.29, 1.82) is 0 Å². The van der Waals surface area contributed by atoms with Crippen LogP contribution in [0.2, 0.25) is 0 Å². The summed E-state index contributed by atoms with van der Waals surface area (Å²) < 4.78 is 7.63. The van der Waals surface area contributed by atoms with E-state index in [2.05, 4.69) is 35.9 Å². The number of hydrogen-bond acceptors (Lipinski definition) is 2. The van der Waals surface area contributed by atoms with Gasteiger partial charge in [-0.3, -0.25) is 0 Å². The van der Waals surface area contributed by atoms with Crippen molar-refractivity contribution in [3.05, 3.63) is 35.5 Å². The minimum atomic E-state index is 0.573. The topological polar surface area (TPSA) is 40.2 Å². The van der Waals surface area contributed by atoms with Crippen molar-refractivity contribution in [2.45, 2.75) is 20.1 Å². The van der Waals surface area contributed by atoms with E-state index in [4.69, 9.17) is 10.5 Å². The average molecular weight is 218 g/mol. The van der Waals surface area contributed by atoms with Crippen LogP contribution >= 0.6 is 0 Å².